The van der Waals surface area contributed by atoms with Crippen LogP contribution in [0.4, 0.5) is 5.82 Å². The van der Waals surface area contributed by atoms with Crippen LogP contribution in [0.25, 0.3) is 11.0 Å². The third-order valence-electron chi connectivity index (χ3n) is 4.45. The molecule has 1 aromatic heterocycles. The van der Waals surface area contributed by atoms with Crippen molar-refractivity contribution in [3.05, 3.63) is 60.8 Å². The Labute approximate surface area is 146 Å². The molecule has 126 valence electrons. The van der Waals surface area contributed by atoms with Crippen LogP contribution in [0.3, 0.4) is 0 Å². The molecule has 4 rings (SSSR count). The van der Waals surface area contributed by atoms with Gasteiger partial charge in [-0.3, -0.25) is 14.7 Å². The lowest BCUT2D eigenvalue weighted by Gasteiger charge is -2.31. The van der Waals surface area contributed by atoms with Gasteiger partial charge in [-0.1, -0.05) is 30.3 Å². The Morgan fingerprint density at radius 3 is 2.64 bits per heavy atom. The molecule has 5 nitrogen and oxygen atoms in total. The molecule has 1 aliphatic heterocycles. The largest absolute Gasteiger partial charge is 0.493 e. The SMILES string of the molecule is O=C1CCC(COc2ccccc2)CN1c1cnc2ccccc2n1. The van der Waals surface area contributed by atoms with Crippen LogP contribution in [0.2, 0.25) is 0 Å². The van der Waals surface area contributed by atoms with Crippen molar-refractivity contribution in [2.45, 2.75) is 12.8 Å². The number of rotatable bonds is 4. The summed E-state index contributed by atoms with van der Waals surface area (Å²) in [6.07, 6.45) is 3.03. The van der Waals surface area contributed by atoms with E-state index in [2.05, 4.69) is 9.97 Å². The zero-order valence-electron chi connectivity index (χ0n) is 13.8. The Balaban J connectivity index is 1.49. The first-order chi connectivity index (χ1) is 12.3. The van der Waals surface area contributed by atoms with Gasteiger partial charge >= 0.3 is 0 Å². The normalized spacial score (nSPS) is 17.7. The molecule has 1 amide bonds. The fraction of sp³-hybridized carbons (Fsp3) is 0.250. The minimum atomic E-state index is 0.0977. The average molecular weight is 333 g/mol. The van der Waals surface area contributed by atoms with Crippen LogP contribution < -0.4 is 9.64 Å². The summed E-state index contributed by atoms with van der Waals surface area (Å²) < 4.78 is 5.86. The third kappa shape index (κ3) is 3.45. The van der Waals surface area contributed by atoms with Crippen LogP contribution in [0, 0.1) is 5.92 Å². The lowest BCUT2D eigenvalue weighted by atomic mass is 9.98. The van der Waals surface area contributed by atoms with E-state index in [0.29, 0.717) is 25.4 Å². The molecule has 0 N–H and O–H groups in total. The van der Waals surface area contributed by atoms with E-state index in [0.717, 1.165) is 23.2 Å². The quantitative estimate of drug-likeness (QED) is 0.734. The van der Waals surface area contributed by atoms with E-state index in [1.54, 1.807) is 11.1 Å². The molecular formula is C20H19N3O2. The second-order valence-electron chi connectivity index (χ2n) is 6.25. The van der Waals surface area contributed by atoms with Gasteiger partial charge in [-0.05, 0) is 30.7 Å². The first-order valence-electron chi connectivity index (χ1n) is 8.49. The van der Waals surface area contributed by atoms with Gasteiger partial charge < -0.3 is 4.74 Å². The predicted octanol–water partition coefficient (Wildman–Crippen LogP) is 3.45. The summed E-state index contributed by atoms with van der Waals surface area (Å²) in [6.45, 7) is 1.20. The van der Waals surface area contributed by atoms with Crippen LogP contribution in [0.5, 0.6) is 5.75 Å². The first-order valence-corrected chi connectivity index (χ1v) is 8.49. The minimum Gasteiger partial charge on any atom is -0.493 e. The highest BCUT2D eigenvalue weighted by atomic mass is 16.5. The molecule has 1 fully saturated rings. The molecule has 1 unspecified atom stereocenters. The Kier molecular flexibility index (Phi) is 4.29. The predicted molar refractivity (Wildman–Crippen MR) is 96.6 cm³/mol. The highest BCUT2D eigenvalue weighted by Crippen LogP contribution is 2.24. The van der Waals surface area contributed by atoms with E-state index in [1.807, 2.05) is 54.6 Å². The molecule has 5 heteroatoms. The van der Waals surface area contributed by atoms with Crippen molar-refractivity contribution in [3.8, 4) is 5.75 Å². The number of amides is 1. The van der Waals surface area contributed by atoms with Crippen LogP contribution in [0.1, 0.15) is 12.8 Å². The Morgan fingerprint density at radius 1 is 1.04 bits per heavy atom. The molecule has 0 aliphatic carbocycles. The molecular weight excluding hydrogens is 314 g/mol. The molecule has 1 aliphatic rings. The maximum absolute atomic E-state index is 12.4. The third-order valence-corrected chi connectivity index (χ3v) is 4.45. The van der Waals surface area contributed by atoms with E-state index < -0.39 is 0 Å². The van der Waals surface area contributed by atoms with Crippen molar-refractivity contribution in [2.24, 2.45) is 5.92 Å². The van der Waals surface area contributed by atoms with E-state index >= 15 is 0 Å². The number of fused-ring (bicyclic) bond motifs is 1. The summed E-state index contributed by atoms with van der Waals surface area (Å²) in [5.74, 6) is 1.86. The number of carbonyl (C=O) groups excluding carboxylic acids is 1. The summed E-state index contributed by atoms with van der Waals surface area (Å²) in [6, 6.07) is 17.5. The summed E-state index contributed by atoms with van der Waals surface area (Å²) >= 11 is 0. The Bertz CT molecular complexity index is 882. The van der Waals surface area contributed by atoms with Crippen molar-refractivity contribution in [3.63, 3.8) is 0 Å². The first kappa shape index (κ1) is 15.6. The molecule has 2 aromatic carbocycles. The van der Waals surface area contributed by atoms with Gasteiger partial charge in [0.25, 0.3) is 0 Å². The van der Waals surface area contributed by atoms with E-state index in [9.17, 15) is 4.79 Å². The number of anilines is 1. The molecule has 2 heterocycles. The van der Waals surface area contributed by atoms with Gasteiger partial charge in [-0.15, -0.1) is 0 Å². The van der Waals surface area contributed by atoms with Gasteiger partial charge in [0.1, 0.15) is 5.75 Å². The van der Waals surface area contributed by atoms with Crippen molar-refractivity contribution in [2.75, 3.05) is 18.1 Å². The van der Waals surface area contributed by atoms with Crippen molar-refractivity contribution in [1.82, 2.24) is 9.97 Å². The molecule has 25 heavy (non-hydrogen) atoms. The van der Waals surface area contributed by atoms with E-state index in [4.69, 9.17) is 4.74 Å². The topological polar surface area (TPSA) is 55.3 Å². The lowest BCUT2D eigenvalue weighted by molar-refractivity contribution is -0.120. The number of hydrogen-bond acceptors (Lipinski definition) is 4. The number of benzene rings is 2. The number of carbonyl (C=O) groups is 1. The van der Waals surface area contributed by atoms with Gasteiger partial charge in [-0.2, -0.15) is 0 Å². The van der Waals surface area contributed by atoms with Crippen molar-refractivity contribution >= 4 is 22.8 Å². The number of aromatic nitrogens is 2. The smallest absolute Gasteiger partial charge is 0.228 e. The van der Waals surface area contributed by atoms with Crippen LogP contribution in [-0.2, 0) is 4.79 Å². The number of hydrogen-bond donors (Lipinski definition) is 0. The Morgan fingerprint density at radius 2 is 1.80 bits per heavy atom. The second kappa shape index (κ2) is 6.89. The number of nitrogens with zero attached hydrogens (tertiary/aromatic N) is 3. The lowest BCUT2D eigenvalue weighted by Crippen LogP contribution is -2.42. The van der Waals surface area contributed by atoms with Crippen LogP contribution >= 0.6 is 0 Å². The Hall–Kier alpha value is -2.95. The van der Waals surface area contributed by atoms with Gasteiger partial charge in [0.05, 0.1) is 23.8 Å². The van der Waals surface area contributed by atoms with Gasteiger partial charge in [-0.25, -0.2) is 4.98 Å². The fourth-order valence-electron chi connectivity index (χ4n) is 3.08. The average Bonchev–Trinajstić information content (AvgIpc) is 2.68. The number of piperidine rings is 1. The highest BCUT2D eigenvalue weighted by molar-refractivity contribution is 5.93. The summed E-state index contributed by atoms with van der Waals surface area (Å²) in [7, 11) is 0. The van der Waals surface area contributed by atoms with Gasteiger partial charge in [0.15, 0.2) is 5.82 Å². The van der Waals surface area contributed by atoms with Crippen molar-refractivity contribution < 1.29 is 9.53 Å². The zero-order chi connectivity index (χ0) is 17.1. The molecule has 0 spiro atoms. The fourth-order valence-corrected chi connectivity index (χ4v) is 3.08. The minimum absolute atomic E-state index is 0.0977. The van der Waals surface area contributed by atoms with Gasteiger partial charge in [0, 0.05) is 18.9 Å². The number of para-hydroxylation sites is 3. The molecule has 0 saturated carbocycles. The zero-order valence-corrected chi connectivity index (χ0v) is 13.8. The molecule has 0 radical (unpaired) electrons. The van der Waals surface area contributed by atoms with E-state index in [-0.39, 0.29) is 11.8 Å². The monoisotopic (exact) mass is 333 g/mol. The second-order valence-corrected chi connectivity index (χ2v) is 6.25. The van der Waals surface area contributed by atoms with Crippen LogP contribution in [0.15, 0.2) is 60.8 Å². The summed E-state index contributed by atoms with van der Waals surface area (Å²) in [4.78, 5) is 23.1. The molecule has 3 aromatic rings. The maximum atomic E-state index is 12.4. The standard InChI is InChI=1S/C20H19N3O2/c24-20-11-10-15(14-25-16-6-2-1-3-7-16)13-23(20)19-12-21-17-8-4-5-9-18(17)22-19/h1-9,12,15H,10-11,13-14H2. The molecule has 1 atom stereocenters. The maximum Gasteiger partial charge on any atom is 0.228 e. The molecule has 1 saturated heterocycles. The highest BCUT2D eigenvalue weighted by Gasteiger charge is 2.28. The summed E-state index contributed by atoms with van der Waals surface area (Å²) in [5, 5.41) is 0. The van der Waals surface area contributed by atoms with Crippen LogP contribution in [-0.4, -0.2) is 29.0 Å². The molecule has 0 bridgehead atoms. The van der Waals surface area contributed by atoms with Crippen molar-refractivity contribution in [1.29, 1.82) is 0 Å². The van der Waals surface area contributed by atoms with E-state index in [1.165, 1.54) is 0 Å². The number of ether oxygens (including phenoxy) is 1. The summed E-state index contributed by atoms with van der Waals surface area (Å²) in [5.41, 5.74) is 1.63. The van der Waals surface area contributed by atoms with Gasteiger partial charge in [0.2, 0.25) is 5.91 Å².